The minimum Gasteiger partial charge on any atom is -0.497 e. The van der Waals surface area contributed by atoms with Crippen molar-refractivity contribution in [2.45, 2.75) is 229 Å². The van der Waals surface area contributed by atoms with E-state index in [0.717, 1.165) is 199 Å². The van der Waals surface area contributed by atoms with Gasteiger partial charge in [-0.2, -0.15) is 0 Å². The quantitative estimate of drug-likeness (QED) is 0.117. The zero-order chi connectivity index (χ0) is 101. The molecule has 0 saturated carbocycles. The smallest absolute Gasteiger partial charge is 0.228 e. The minimum absolute atomic E-state index is 0.195. The summed E-state index contributed by atoms with van der Waals surface area (Å²) in [6.07, 6.45) is 1.12. The molecule has 7 aromatic carbocycles. The maximum Gasteiger partial charge on any atom is 0.228 e. The van der Waals surface area contributed by atoms with Crippen molar-refractivity contribution in [3.63, 3.8) is 0 Å². The lowest BCUT2D eigenvalue weighted by atomic mass is 9.93. The summed E-state index contributed by atoms with van der Waals surface area (Å²) < 4.78 is 5.18. The second kappa shape index (κ2) is 50.2. The highest BCUT2D eigenvalue weighted by Gasteiger charge is 2.48. The van der Waals surface area contributed by atoms with Gasteiger partial charge in [0.05, 0.1) is 13.2 Å². The number of carbonyl (C=O) groups is 7. The molecule has 0 aromatic heterocycles. The van der Waals surface area contributed by atoms with E-state index in [2.05, 4.69) is 212 Å². The molecule has 22 nitrogen and oxygen atoms in total. The molecule has 2 bridgehead atoms. The van der Waals surface area contributed by atoms with Crippen molar-refractivity contribution in [3.8, 4) is 5.75 Å². The van der Waals surface area contributed by atoms with Crippen LogP contribution >= 0.6 is 11.6 Å². The van der Waals surface area contributed by atoms with Crippen molar-refractivity contribution in [2.75, 3.05) is 169 Å². The number of hydrogen-bond acceptors (Lipinski definition) is 15. The third-order valence-corrected chi connectivity index (χ3v) is 27.2. The molecular formula is C115H171ClN14O8. The highest BCUT2D eigenvalue weighted by molar-refractivity contribution is 6.31. The zero-order valence-electron chi connectivity index (χ0n) is 89.0. The number of ether oxygens (including phenoxy) is 1. The number of likely N-dealkylation sites (tertiary alicyclic amines) is 1. The summed E-state index contributed by atoms with van der Waals surface area (Å²) in [4.78, 5) is 112. The van der Waals surface area contributed by atoms with Crippen LogP contribution in [0.5, 0.6) is 5.75 Å². The van der Waals surface area contributed by atoms with Crippen molar-refractivity contribution in [1.29, 1.82) is 0 Å². The molecule has 8 saturated heterocycles. The SMILES string of the molecule is CC(C)(C)C(=O)N1CC2CC1CN2c1ccccc1.CC(C)(C)C(=O)N1CCN(Cc2ccccc2)CC1.CC(c1ccccc1)N1CCN(C(=O)C(C)(C)C)CC1.COc1ccc(C2CN(C(=O)C(C)(C)C)CCN2)cc1.Cc1ccc(C2CN(C(=O)C(C)(C)C)CCN2)cc1.Cc1ccc(CN2CCN(C(=O)C(C)(C)C)CC2)cc1Cl.Cc1cccc(CN2CCN(C(=O)C(C)(C)C)CC2)c1. The summed E-state index contributed by atoms with van der Waals surface area (Å²) in [5.41, 5.74) is 10.8. The van der Waals surface area contributed by atoms with Crippen LogP contribution in [0, 0.1) is 58.7 Å². The van der Waals surface area contributed by atoms with E-state index in [9.17, 15) is 33.6 Å². The minimum atomic E-state index is -0.318. The van der Waals surface area contributed by atoms with Gasteiger partial charge in [-0.3, -0.25) is 53.2 Å². The predicted molar refractivity (Wildman–Crippen MR) is 565 cm³/mol. The molecular weight excluding hydrogens is 1740 g/mol. The topological polar surface area (TPSA) is 192 Å². The van der Waals surface area contributed by atoms with Gasteiger partial charge in [-0.05, 0) is 103 Å². The number of anilines is 1. The van der Waals surface area contributed by atoms with E-state index in [0.29, 0.717) is 24.0 Å². The number of benzene rings is 7. The van der Waals surface area contributed by atoms with Crippen molar-refractivity contribution in [2.24, 2.45) is 37.9 Å². The van der Waals surface area contributed by atoms with Crippen LogP contribution in [0.1, 0.15) is 227 Å². The molecule has 2 N–H and O–H groups in total. The maximum absolute atomic E-state index is 12.4. The summed E-state index contributed by atoms with van der Waals surface area (Å²) in [5.74, 6) is 2.67. The van der Waals surface area contributed by atoms with Crippen LogP contribution in [-0.2, 0) is 53.2 Å². The van der Waals surface area contributed by atoms with E-state index >= 15 is 0 Å². The van der Waals surface area contributed by atoms with Crippen molar-refractivity contribution < 1.29 is 38.3 Å². The van der Waals surface area contributed by atoms with Crippen molar-refractivity contribution in [3.05, 3.63) is 237 Å². The Bertz CT molecular complexity index is 4980. The van der Waals surface area contributed by atoms with E-state index in [4.69, 9.17) is 16.3 Å². The Kier molecular flexibility index (Phi) is 40.8. The molecule has 7 aromatic rings. The molecule has 8 aliphatic rings. The number of rotatable bonds is 12. The fraction of sp³-hybridized carbons (Fsp3) is 0.574. The van der Waals surface area contributed by atoms with E-state index in [1.165, 1.54) is 50.2 Å². The van der Waals surface area contributed by atoms with Gasteiger partial charge in [0.2, 0.25) is 41.4 Å². The normalized spacial score (nSPS) is 19.5. The molecule has 0 aliphatic carbocycles. The van der Waals surface area contributed by atoms with Crippen LogP contribution < -0.4 is 20.3 Å². The van der Waals surface area contributed by atoms with E-state index in [1.807, 2.05) is 212 Å². The van der Waals surface area contributed by atoms with Gasteiger partial charge in [0.15, 0.2) is 0 Å². The monoisotopic (exact) mass is 1910 g/mol. The molecule has 756 valence electrons. The molecule has 8 fully saturated rings. The van der Waals surface area contributed by atoms with Gasteiger partial charge in [0.1, 0.15) is 5.75 Å². The number of methoxy groups -OCH3 is 1. The number of piperazine rings is 7. The van der Waals surface area contributed by atoms with E-state index in [1.54, 1.807) is 7.11 Å². The van der Waals surface area contributed by atoms with Gasteiger partial charge in [-0.25, -0.2) is 0 Å². The van der Waals surface area contributed by atoms with Crippen molar-refractivity contribution >= 4 is 58.6 Å². The second-order valence-corrected chi connectivity index (χ2v) is 46.5. The number of aryl methyl sites for hydroxylation is 3. The third kappa shape index (κ3) is 34.2. The van der Waals surface area contributed by atoms with E-state index < -0.39 is 0 Å². The second-order valence-electron chi connectivity index (χ2n) is 46.1. The number of nitrogens with zero attached hydrogens (tertiary/aromatic N) is 12. The number of carbonyl (C=O) groups excluding carboxylic acids is 7. The number of nitrogens with one attached hydrogen (secondary N) is 2. The largest absolute Gasteiger partial charge is 0.497 e. The maximum atomic E-state index is 12.4. The lowest BCUT2D eigenvalue weighted by Gasteiger charge is -2.40. The average molecular weight is 1910 g/mol. The molecule has 0 radical (unpaired) electrons. The first kappa shape index (κ1) is 112. The number of hydrogen-bond donors (Lipinski definition) is 2. The van der Waals surface area contributed by atoms with Crippen molar-refractivity contribution in [1.82, 2.24) is 64.5 Å². The average Bonchev–Trinajstić information content (AvgIpc) is 1.61. The summed E-state index contributed by atoms with van der Waals surface area (Å²) in [6, 6.07) is 64.9. The fourth-order valence-electron chi connectivity index (χ4n) is 18.6. The number of amides is 7. The number of para-hydroxylation sites is 1. The molecule has 23 heteroatoms. The molecule has 7 amide bonds. The van der Waals surface area contributed by atoms with E-state index in [-0.39, 0.29) is 85.4 Å². The lowest BCUT2D eigenvalue weighted by molar-refractivity contribution is -0.142. The van der Waals surface area contributed by atoms with Gasteiger partial charge in [0.25, 0.3) is 0 Å². The highest BCUT2D eigenvalue weighted by Crippen LogP contribution is 2.38. The summed E-state index contributed by atoms with van der Waals surface area (Å²) >= 11 is 6.18. The van der Waals surface area contributed by atoms with Gasteiger partial charge in [-0.1, -0.05) is 320 Å². The van der Waals surface area contributed by atoms with Crippen LogP contribution in [0.4, 0.5) is 5.69 Å². The van der Waals surface area contributed by atoms with Crippen LogP contribution in [0.15, 0.2) is 182 Å². The standard InChI is InChI=1S/C17H25ClN2O.2C17H26N2O.C16H24N2O2.C16H22N2O.2C16H24N2O/c1-13-5-6-14(11-15(13)18)12-19-7-9-20(10-8-19)16(21)17(2,3)4;1-14-6-5-7-15(12-14)13-18-8-10-19(11-9-18)16(20)17(2,3)4;1-14(15-8-6-5-7-9-15)18-10-12-19(13-11-18)16(20)17(2,3)4;1-16(2,3)15(19)18-10-9-17-14(11-18)12-5-7-13(20-4)8-6-12;1-16(2,3)15(19)18-11-13-9-14(18)10-17(13)12-7-5-4-6-8-12;1-12-5-7-13(8-6-12)14-11-18(10-9-17-14)15(19)16(2,3)4;1-16(2,3)15(19)18-11-9-17(10-12-18)13-14-7-5-4-6-8-14/h5-6,11H,7-10,12H2,1-4H3;5-7,12H,8-11,13H2,1-4H3;5-9,14H,10-13H2,1-4H3;5-8,14,17H,9-11H2,1-4H3;4-8,13-14H,9-11H2,1-3H3;5-8,14,17H,9-11H2,1-4H3;4-8H,9-13H2,1-3H3. The Morgan fingerprint density at radius 2 is 0.703 bits per heavy atom. The number of halogens is 1. The van der Waals surface area contributed by atoms with Gasteiger partial charge < -0.3 is 54.6 Å². The summed E-state index contributed by atoms with van der Waals surface area (Å²) in [6.45, 7) is 74.1. The van der Waals surface area contributed by atoms with Gasteiger partial charge in [-0.15, -0.1) is 0 Å². The molecule has 138 heavy (non-hydrogen) atoms. The Balaban J connectivity index is 0.000000180. The third-order valence-electron chi connectivity index (χ3n) is 26.8. The Hall–Kier alpha value is -9.52. The Morgan fingerprint density at radius 1 is 0.348 bits per heavy atom. The summed E-state index contributed by atoms with van der Waals surface area (Å²) in [7, 11) is 1.66. The van der Waals surface area contributed by atoms with Crippen LogP contribution in [0.25, 0.3) is 0 Å². The Morgan fingerprint density at radius 3 is 1.07 bits per heavy atom. The van der Waals surface area contributed by atoms with Gasteiger partial charge >= 0.3 is 0 Å². The molecule has 8 heterocycles. The van der Waals surface area contributed by atoms with Crippen LogP contribution in [0.3, 0.4) is 0 Å². The highest BCUT2D eigenvalue weighted by atomic mass is 35.5. The lowest BCUT2D eigenvalue weighted by Crippen LogP contribution is -2.52. The first-order valence-electron chi connectivity index (χ1n) is 50.6. The first-order valence-corrected chi connectivity index (χ1v) is 51.0. The zero-order valence-corrected chi connectivity index (χ0v) is 89.8. The fourth-order valence-corrected chi connectivity index (χ4v) is 18.8. The number of fused-ring (bicyclic) bond motifs is 2. The summed E-state index contributed by atoms with van der Waals surface area (Å²) in [5, 5.41) is 7.80. The molecule has 15 rings (SSSR count). The molecule has 5 unspecified atom stereocenters. The van der Waals surface area contributed by atoms with Gasteiger partial charge in [0, 0.05) is 249 Å². The molecule has 8 aliphatic heterocycles. The first-order chi connectivity index (χ1) is 64.7. The Labute approximate surface area is 835 Å². The van der Waals surface area contributed by atoms with Crippen LogP contribution in [-0.4, -0.2) is 272 Å². The van der Waals surface area contributed by atoms with Crippen LogP contribution in [0.2, 0.25) is 5.02 Å². The predicted octanol–water partition coefficient (Wildman–Crippen LogP) is 18.6. The molecule has 5 atom stereocenters. The molecule has 0 spiro atoms.